The van der Waals surface area contributed by atoms with Crippen molar-refractivity contribution in [1.82, 2.24) is 0 Å². The molecule has 4 heteroatoms. The van der Waals surface area contributed by atoms with Crippen LogP contribution in [0.4, 0.5) is 0 Å². The van der Waals surface area contributed by atoms with Gasteiger partial charge in [-0.15, -0.1) is 0 Å². The number of carbonyl (C=O) groups is 1. The van der Waals surface area contributed by atoms with Gasteiger partial charge in [0.2, 0.25) is 0 Å². The van der Waals surface area contributed by atoms with Crippen LogP contribution in [-0.4, -0.2) is 35.5 Å². The van der Waals surface area contributed by atoms with Gasteiger partial charge < -0.3 is 14.6 Å². The average Bonchev–Trinajstić information content (AvgIpc) is 2.98. The predicted octanol–water partition coefficient (Wildman–Crippen LogP) is 1.68. The molecule has 3 aliphatic heterocycles. The lowest BCUT2D eigenvalue weighted by Crippen LogP contribution is -2.40. The highest BCUT2D eigenvalue weighted by molar-refractivity contribution is 5.71. The SMILES string of the molecule is CCC1OC(CC)C2C3OC(CC3C(=O)O)C12. The molecule has 1 N–H and O–H groups in total. The van der Waals surface area contributed by atoms with Crippen molar-refractivity contribution in [2.45, 2.75) is 57.5 Å². The number of aliphatic carboxylic acids is 1. The normalized spacial score (nSPS) is 51.8. The van der Waals surface area contributed by atoms with Crippen molar-refractivity contribution in [3.05, 3.63) is 0 Å². The molecule has 17 heavy (non-hydrogen) atoms. The van der Waals surface area contributed by atoms with Crippen molar-refractivity contribution >= 4 is 5.97 Å². The summed E-state index contributed by atoms with van der Waals surface area (Å²) < 4.78 is 12.0. The molecule has 7 atom stereocenters. The lowest BCUT2D eigenvalue weighted by molar-refractivity contribution is -0.144. The molecule has 3 rings (SSSR count). The summed E-state index contributed by atoms with van der Waals surface area (Å²) in [6, 6.07) is 0. The Morgan fingerprint density at radius 2 is 1.82 bits per heavy atom. The highest BCUT2D eigenvalue weighted by atomic mass is 16.5. The lowest BCUT2D eigenvalue weighted by Gasteiger charge is -2.28. The predicted molar refractivity (Wildman–Crippen MR) is 60.6 cm³/mol. The van der Waals surface area contributed by atoms with E-state index in [0.717, 1.165) is 12.8 Å². The lowest BCUT2D eigenvalue weighted by atomic mass is 9.71. The molecule has 0 aromatic rings. The summed E-state index contributed by atoms with van der Waals surface area (Å²) in [5.41, 5.74) is 0. The van der Waals surface area contributed by atoms with E-state index in [4.69, 9.17) is 9.47 Å². The maximum absolute atomic E-state index is 11.2. The van der Waals surface area contributed by atoms with Gasteiger partial charge in [0, 0.05) is 11.8 Å². The minimum Gasteiger partial charge on any atom is -0.481 e. The van der Waals surface area contributed by atoms with Crippen molar-refractivity contribution in [2.75, 3.05) is 0 Å². The molecule has 0 saturated carbocycles. The topological polar surface area (TPSA) is 55.8 Å². The summed E-state index contributed by atoms with van der Waals surface area (Å²) >= 11 is 0. The van der Waals surface area contributed by atoms with Crippen LogP contribution in [0.3, 0.4) is 0 Å². The number of ether oxygens (including phenoxy) is 2. The number of rotatable bonds is 3. The third-order valence-electron chi connectivity index (χ3n) is 4.80. The number of carboxylic acids is 1. The zero-order valence-corrected chi connectivity index (χ0v) is 10.3. The van der Waals surface area contributed by atoms with Gasteiger partial charge >= 0.3 is 5.97 Å². The Morgan fingerprint density at radius 3 is 2.41 bits per heavy atom. The van der Waals surface area contributed by atoms with E-state index in [-0.39, 0.29) is 30.3 Å². The second-order valence-electron chi connectivity index (χ2n) is 5.50. The molecule has 0 radical (unpaired) electrons. The number of carboxylic acid groups (broad SMARTS) is 1. The number of hydrogen-bond acceptors (Lipinski definition) is 3. The first-order valence-corrected chi connectivity index (χ1v) is 6.71. The summed E-state index contributed by atoms with van der Waals surface area (Å²) in [6.45, 7) is 4.25. The molecule has 96 valence electrons. The van der Waals surface area contributed by atoms with E-state index in [1.807, 2.05) is 0 Å². The molecule has 0 spiro atoms. The van der Waals surface area contributed by atoms with E-state index in [2.05, 4.69) is 13.8 Å². The monoisotopic (exact) mass is 240 g/mol. The molecule has 4 nitrogen and oxygen atoms in total. The van der Waals surface area contributed by atoms with E-state index >= 15 is 0 Å². The first-order chi connectivity index (χ1) is 8.17. The van der Waals surface area contributed by atoms with Crippen molar-refractivity contribution in [3.63, 3.8) is 0 Å². The Morgan fingerprint density at radius 1 is 1.18 bits per heavy atom. The zero-order valence-electron chi connectivity index (χ0n) is 10.3. The Bertz CT molecular complexity index is 329. The van der Waals surface area contributed by atoms with Crippen molar-refractivity contribution in [1.29, 1.82) is 0 Å². The number of hydrogen-bond donors (Lipinski definition) is 1. The first-order valence-electron chi connectivity index (χ1n) is 6.71. The maximum Gasteiger partial charge on any atom is 0.309 e. The van der Waals surface area contributed by atoms with Gasteiger partial charge in [-0.25, -0.2) is 0 Å². The first kappa shape index (κ1) is 11.5. The minimum absolute atomic E-state index is 0.107. The summed E-state index contributed by atoms with van der Waals surface area (Å²) in [5.74, 6) is -0.268. The molecule has 3 aliphatic rings. The van der Waals surface area contributed by atoms with Crippen LogP contribution in [0.25, 0.3) is 0 Å². The molecule has 3 saturated heterocycles. The van der Waals surface area contributed by atoms with Crippen molar-refractivity contribution < 1.29 is 19.4 Å². The van der Waals surface area contributed by atoms with Crippen LogP contribution < -0.4 is 0 Å². The summed E-state index contributed by atoms with van der Waals surface area (Å²) in [5, 5.41) is 9.22. The van der Waals surface area contributed by atoms with E-state index in [9.17, 15) is 9.90 Å². The molecule has 0 aromatic carbocycles. The summed E-state index contributed by atoms with van der Waals surface area (Å²) in [6.07, 6.45) is 3.11. The second kappa shape index (κ2) is 3.95. The van der Waals surface area contributed by atoms with Crippen LogP contribution in [0.2, 0.25) is 0 Å². The summed E-state index contributed by atoms with van der Waals surface area (Å²) in [7, 11) is 0. The molecule has 0 amide bonds. The van der Waals surface area contributed by atoms with Gasteiger partial charge in [-0.1, -0.05) is 13.8 Å². The Labute approximate surface area is 101 Å². The van der Waals surface area contributed by atoms with Crippen LogP contribution >= 0.6 is 0 Å². The van der Waals surface area contributed by atoms with Gasteiger partial charge in [-0.3, -0.25) is 4.79 Å². The Kier molecular flexibility index (Phi) is 2.67. The van der Waals surface area contributed by atoms with Crippen LogP contribution in [0.15, 0.2) is 0 Å². The Hall–Kier alpha value is -0.610. The van der Waals surface area contributed by atoms with E-state index in [1.165, 1.54) is 0 Å². The third kappa shape index (κ3) is 1.47. The fourth-order valence-corrected chi connectivity index (χ4v) is 4.14. The molecule has 3 fully saturated rings. The Balaban J connectivity index is 1.86. The molecule has 2 bridgehead atoms. The molecule has 0 aliphatic carbocycles. The van der Waals surface area contributed by atoms with Gasteiger partial charge in [-0.2, -0.15) is 0 Å². The minimum atomic E-state index is -0.703. The van der Waals surface area contributed by atoms with Gasteiger partial charge in [0.25, 0.3) is 0 Å². The van der Waals surface area contributed by atoms with E-state index in [1.54, 1.807) is 0 Å². The van der Waals surface area contributed by atoms with Crippen LogP contribution in [-0.2, 0) is 14.3 Å². The van der Waals surface area contributed by atoms with Gasteiger partial charge in [0.15, 0.2) is 0 Å². The van der Waals surface area contributed by atoms with Gasteiger partial charge in [0.1, 0.15) is 0 Å². The highest BCUT2D eigenvalue weighted by Crippen LogP contribution is 2.55. The fourth-order valence-electron chi connectivity index (χ4n) is 4.14. The zero-order chi connectivity index (χ0) is 12.2. The fraction of sp³-hybridized carbons (Fsp3) is 0.923. The van der Waals surface area contributed by atoms with Crippen LogP contribution in [0.5, 0.6) is 0 Å². The largest absolute Gasteiger partial charge is 0.481 e. The highest BCUT2D eigenvalue weighted by Gasteiger charge is 2.63. The second-order valence-corrected chi connectivity index (χ2v) is 5.50. The third-order valence-corrected chi connectivity index (χ3v) is 4.80. The van der Waals surface area contributed by atoms with Crippen LogP contribution in [0, 0.1) is 17.8 Å². The smallest absolute Gasteiger partial charge is 0.309 e. The van der Waals surface area contributed by atoms with Crippen molar-refractivity contribution in [3.8, 4) is 0 Å². The molecular formula is C13H20O4. The van der Waals surface area contributed by atoms with Gasteiger partial charge in [0.05, 0.1) is 30.3 Å². The van der Waals surface area contributed by atoms with Gasteiger partial charge in [-0.05, 0) is 19.3 Å². The quantitative estimate of drug-likeness (QED) is 0.815. The standard InChI is InChI=1S/C13H20O4/c1-3-7-10-9-5-6(13(14)15)12(17-9)11(10)8(4-2)16-7/h6-12H,3-5H2,1-2H3,(H,14,15). The summed E-state index contributed by atoms with van der Waals surface area (Å²) in [4.78, 5) is 11.2. The molecule has 0 aromatic heterocycles. The number of fused-ring (bicyclic) bond motifs is 5. The molecule has 3 heterocycles. The van der Waals surface area contributed by atoms with Crippen molar-refractivity contribution in [2.24, 2.45) is 17.8 Å². The molecule has 7 unspecified atom stereocenters. The maximum atomic E-state index is 11.2. The van der Waals surface area contributed by atoms with Crippen LogP contribution in [0.1, 0.15) is 33.1 Å². The van der Waals surface area contributed by atoms with E-state index in [0.29, 0.717) is 18.3 Å². The molecular weight excluding hydrogens is 220 g/mol. The van der Waals surface area contributed by atoms with E-state index < -0.39 is 5.97 Å². The average molecular weight is 240 g/mol.